The smallest absolute Gasteiger partial charge is 0.192 e. The van der Waals surface area contributed by atoms with E-state index in [0.29, 0.717) is 5.56 Å². The quantitative estimate of drug-likeness (QED) is 0.342. The van der Waals surface area contributed by atoms with Crippen LogP contribution in [-0.2, 0) is 0 Å². The zero-order chi connectivity index (χ0) is 18.3. The first-order valence-electron chi connectivity index (χ1n) is 6.15. The maximum Gasteiger partial charge on any atom is 0.426 e. The number of allylic oxidation sites excluding steroid dienone is 5. The fourth-order valence-corrected chi connectivity index (χ4v) is 3.07. The van der Waals surface area contributed by atoms with Crippen molar-refractivity contribution in [1.82, 2.24) is 0 Å². The lowest BCUT2D eigenvalue weighted by Gasteiger charge is -2.03. The molecule has 0 heterocycles. The molecule has 0 atom stereocenters. The van der Waals surface area contributed by atoms with Crippen LogP contribution in [0.15, 0.2) is 57.1 Å². The standard InChI is InChI=1S/C15H5Br2F6N/c16-12(7-4-2-1-3-5-7)10-9(8(6-24)14(18,19)20)11(10)13(17)15(21,22)23/h1-5H. The van der Waals surface area contributed by atoms with Gasteiger partial charge in [0, 0.05) is 21.2 Å². The normalized spacial score (nSPS) is 21.1. The fraction of sp³-hybridized carbons (Fsp3) is 0.133. The van der Waals surface area contributed by atoms with Crippen molar-refractivity contribution in [3.63, 3.8) is 0 Å². The Labute approximate surface area is 149 Å². The topological polar surface area (TPSA) is 23.8 Å². The molecule has 0 aromatic heterocycles. The molecule has 1 fully saturated rings. The summed E-state index contributed by atoms with van der Waals surface area (Å²) in [6.45, 7) is 0. The molecule has 126 valence electrons. The van der Waals surface area contributed by atoms with Crippen molar-refractivity contribution in [2.75, 3.05) is 0 Å². The van der Waals surface area contributed by atoms with E-state index in [1.54, 1.807) is 18.2 Å². The van der Waals surface area contributed by atoms with Gasteiger partial charge in [-0.1, -0.05) is 30.3 Å². The van der Waals surface area contributed by atoms with Crippen LogP contribution in [0.2, 0.25) is 0 Å². The summed E-state index contributed by atoms with van der Waals surface area (Å²) in [5, 5.41) is 8.76. The number of nitrogens with zero attached hydrogens (tertiary/aromatic N) is 1. The maximum absolute atomic E-state index is 12.9. The highest BCUT2D eigenvalue weighted by Crippen LogP contribution is 2.59. The minimum Gasteiger partial charge on any atom is -0.192 e. The van der Waals surface area contributed by atoms with Crippen molar-refractivity contribution < 1.29 is 26.3 Å². The monoisotopic (exact) mass is 471 g/mol. The predicted molar refractivity (Wildman–Crippen MR) is 83.0 cm³/mol. The zero-order valence-corrected chi connectivity index (χ0v) is 14.5. The van der Waals surface area contributed by atoms with E-state index in [4.69, 9.17) is 5.26 Å². The molecule has 24 heavy (non-hydrogen) atoms. The van der Waals surface area contributed by atoms with Crippen LogP contribution >= 0.6 is 31.9 Å². The Morgan fingerprint density at radius 2 is 1.38 bits per heavy atom. The summed E-state index contributed by atoms with van der Waals surface area (Å²) in [7, 11) is 0. The van der Waals surface area contributed by atoms with Gasteiger partial charge in [0.05, 0.1) is 0 Å². The molecule has 1 aromatic rings. The van der Waals surface area contributed by atoms with Gasteiger partial charge in [0.1, 0.15) is 16.1 Å². The maximum atomic E-state index is 12.9. The summed E-state index contributed by atoms with van der Waals surface area (Å²) < 4.78 is 76.2. The number of rotatable bonds is 1. The number of benzene rings is 1. The molecule has 0 bridgehead atoms. The molecule has 1 saturated carbocycles. The first-order valence-corrected chi connectivity index (χ1v) is 7.73. The van der Waals surface area contributed by atoms with E-state index >= 15 is 0 Å². The summed E-state index contributed by atoms with van der Waals surface area (Å²) in [6, 6.07) is 8.81. The molecule has 1 aromatic carbocycles. The van der Waals surface area contributed by atoms with Crippen molar-refractivity contribution in [2.45, 2.75) is 12.4 Å². The summed E-state index contributed by atoms with van der Waals surface area (Å²) in [6.07, 6.45) is -9.93. The van der Waals surface area contributed by atoms with E-state index in [1.165, 1.54) is 12.1 Å². The Morgan fingerprint density at radius 3 is 1.79 bits per heavy atom. The molecule has 0 unspecified atom stereocenters. The lowest BCUT2D eigenvalue weighted by Crippen LogP contribution is -2.10. The summed E-state index contributed by atoms with van der Waals surface area (Å²) in [5.74, 6) is 0. The minimum absolute atomic E-state index is 0.0475. The largest absolute Gasteiger partial charge is 0.426 e. The molecule has 0 radical (unpaired) electrons. The van der Waals surface area contributed by atoms with E-state index in [9.17, 15) is 26.3 Å². The first kappa shape index (κ1) is 18.8. The molecule has 0 N–H and O–H groups in total. The molecule has 0 saturated heterocycles. The van der Waals surface area contributed by atoms with Crippen molar-refractivity contribution in [3.8, 4) is 6.07 Å². The third-order valence-electron chi connectivity index (χ3n) is 3.05. The minimum atomic E-state index is -5.06. The van der Waals surface area contributed by atoms with Gasteiger partial charge in [0.15, 0.2) is 0 Å². The highest BCUT2D eigenvalue weighted by Gasteiger charge is 2.51. The summed E-state index contributed by atoms with van der Waals surface area (Å²) >= 11 is 5.34. The summed E-state index contributed by atoms with van der Waals surface area (Å²) in [5.41, 5.74) is -3.00. The second-order valence-electron chi connectivity index (χ2n) is 4.60. The average Bonchev–Trinajstić information content (AvgIpc) is 3.19. The zero-order valence-electron chi connectivity index (χ0n) is 11.4. The van der Waals surface area contributed by atoms with E-state index in [0.717, 1.165) is 6.07 Å². The van der Waals surface area contributed by atoms with Gasteiger partial charge in [-0.3, -0.25) is 0 Å². The van der Waals surface area contributed by atoms with Gasteiger partial charge in [0.2, 0.25) is 0 Å². The van der Waals surface area contributed by atoms with Gasteiger partial charge in [-0.25, -0.2) is 0 Å². The van der Waals surface area contributed by atoms with Gasteiger partial charge in [-0.05, 0) is 37.4 Å². The van der Waals surface area contributed by atoms with Gasteiger partial charge in [-0.15, -0.1) is 0 Å². The van der Waals surface area contributed by atoms with Crippen LogP contribution in [0, 0.1) is 11.3 Å². The molecule has 1 aliphatic rings. The first-order chi connectivity index (χ1) is 11.0. The van der Waals surface area contributed by atoms with Crippen LogP contribution in [0.1, 0.15) is 5.56 Å². The lowest BCUT2D eigenvalue weighted by molar-refractivity contribution is -0.0882. The molecule has 2 rings (SSSR count). The molecule has 0 spiro atoms. The lowest BCUT2D eigenvalue weighted by atomic mass is 10.2. The van der Waals surface area contributed by atoms with Gasteiger partial charge in [0.25, 0.3) is 0 Å². The second kappa shape index (κ2) is 6.41. The fourth-order valence-electron chi connectivity index (χ4n) is 2.01. The van der Waals surface area contributed by atoms with Crippen LogP contribution < -0.4 is 0 Å². The molecule has 9 heteroatoms. The average molecular weight is 473 g/mol. The van der Waals surface area contributed by atoms with Crippen LogP contribution in [0.4, 0.5) is 26.3 Å². The molecule has 0 amide bonds. The second-order valence-corrected chi connectivity index (χ2v) is 6.19. The van der Waals surface area contributed by atoms with Gasteiger partial charge in [-0.2, -0.15) is 31.6 Å². The third kappa shape index (κ3) is 3.59. The van der Waals surface area contributed by atoms with Crippen molar-refractivity contribution in [2.24, 2.45) is 0 Å². The number of alkyl halides is 6. The predicted octanol–water partition coefficient (Wildman–Crippen LogP) is 6.40. The summed E-state index contributed by atoms with van der Waals surface area (Å²) in [4.78, 5) is 0. The van der Waals surface area contributed by atoms with Gasteiger partial charge >= 0.3 is 12.4 Å². The van der Waals surface area contributed by atoms with E-state index in [-0.39, 0.29) is 10.1 Å². The Bertz CT molecular complexity index is 807. The number of nitriles is 1. The molecular weight excluding hydrogens is 468 g/mol. The highest BCUT2D eigenvalue weighted by atomic mass is 79.9. The van der Waals surface area contributed by atoms with Gasteiger partial charge < -0.3 is 0 Å². The Hall–Kier alpha value is -1.53. The number of halogens is 8. The SMILES string of the molecule is N#CC(=C1C(=C(Br)c2ccccc2)C1=C(Br)C(F)(F)F)C(F)(F)F. The molecule has 0 aliphatic heterocycles. The van der Waals surface area contributed by atoms with Crippen molar-refractivity contribution in [3.05, 3.63) is 62.7 Å². The Kier molecular flexibility index (Phi) is 5.02. The van der Waals surface area contributed by atoms with Crippen LogP contribution in [0.3, 0.4) is 0 Å². The van der Waals surface area contributed by atoms with Crippen molar-refractivity contribution >= 4 is 36.3 Å². The Morgan fingerprint density at radius 1 is 0.833 bits per heavy atom. The molecule has 1 aliphatic carbocycles. The highest BCUT2D eigenvalue weighted by molar-refractivity contribution is 9.15. The van der Waals surface area contributed by atoms with E-state index in [1.807, 2.05) is 0 Å². The molecular formula is C15H5Br2F6N. The third-order valence-corrected chi connectivity index (χ3v) is 4.75. The molecule has 1 nitrogen and oxygen atoms in total. The van der Waals surface area contributed by atoms with Crippen LogP contribution in [-0.4, -0.2) is 12.4 Å². The van der Waals surface area contributed by atoms with E-state index in [2.05, 4.69) is 31.9 Å². The van der Waals surface area contributed by atoms with E-state index < -0.39 is 33.6 Å². The number of hydrogen-bond acceptors (Lipinski definition) is 1. The number of hydrogen-bond donors (Lipinski definition) is 0. The van der Waals surface area contributed by atoms with Crippen LogP contribution in [0.5, 0.6) is 0 Å². The Balaban J connectivity index is 2.80. The van der Waals surface area contributed by atoms with Crippen molar-refractivity contribution in [1.29, 1.82) is 5.26 Å². The van der Waals surface area contributed by atoms with Crippen LogP contribution in [0.25, 0.3) is 4.48 Å².